The molecule has 0 radical (unpaired) electrons. The summed E-state index contributed by atoms with van der Waals surface area (Å²) < 4.78 is 2.01. The first-order valence-corrected chi connectivity index (χ1v) is 6.69. The molecule has 6 heteroatoms. The minimum absolute atomic E-state index is 0.379. The molecule has 0 aromatic carbocycles. The third kappa shape index (κ3) is 5.85. The van der Waals surface area contributed by atoms with Crippen molar-refractivity contribution in [3.63, 3.8) is 0 Å². The molecule has 1 rings (SSSR count). The number of nitrogens with one attached hydrogen (secondary N) is 1. The number of carboxylic acid groups (broad SMARTS) is 1. The number of hydrogen-bond donors (Lipinski definition) is 3. The van der Waals surface area contributed by atoms with Gasteiger partial charge in [0, 0.05) is 32.3 Å². The van der Waals surface area contributed by atoms with Gasteiger partial charge in [-0.3, -0.25) is 4.79 Å². The van der Waals surface area contributed by atoms with E-state index in [0.717, 1.165) is 18.7 Å². The Labute approximate surface area is 114 Å². The normalized spacial score (nSPS) is 12.8. The van der Waals surface area contributed by atoms with Crippen molar-refractivity contribution < 1.29 is 9.90 Å². The fourth-order valence-electron chi connectivity index (χ4n) is 1.75. The van der Waals surface area contributed by atoms with E-state index in [2.05, 4.69) is 24.1 Å². The van der Waals surface area contributed by atoms with Gasteiger partial charge in [0.1, 0.15) is 6.04 Å². The van der Waals surface area contributed by atoms with Crippen LogP contribution in [0.25, 0.3) is 0 Å². The molecule has 1 atom stereocenters. The molecule has 1 unspecified atom stereocenters. The van der Waals surface area contributed by atoms with Gasteiger partial charge in [-0.1, -0.05) is 13.8 Å². The molecule has 0 aliphatic heterocycles. The third-order valence-corrected chi connectivity index (χ3v) is 2.90. The maximum Gasteiger partial charge on any atom is 0.321 e. The lowest BCUT2D eigenvalue weighted by Gasteiger charge is -2.12. The highest BCUT2D eigenvalue weighted by Crippen LogP contribution is 2.06. The maximum atomic E-state index is 11.1. The van der Waals surface area contributed by atoms with Gasteiger partial charge < -0.3 is 20.7 Å². The molecular formula is C13H24N4O2. The Morgan fingerprint density at radius 2 is 2.32 bits per heavy atom. The molecule has 19 heavy (non-hydrogen) atoms. The monoisotopic (exact) mass is 268 g/mol. The summed E-state index contributed by atoms with van der Waals surface area (Å²) in [5.41, 5.74) is 6.16. The number of nitrogens with two attached hydrogens (primary N) is 1. The van der Waals surface area contributed by atoms with Crippen LogP contribution in [0.4, 0.5) is 0 Å². The summed E-state index contributed by atoms with van der Waals surface area (Å²) in [4.78, 5) is 15.3. The first-order chi connectivity index (χ1) is 9.02. The molecule has 0 aliphatic rings. The second-order valence-electron chi connectivity index (χ2n) is 5.12. The second kappa shape index (κ2) is 7.91. The van der Waals surface area contributed by atoms with Gasteiger partial charge in [0.25, 0.3) is 0 Å². The van der Waals surface area contributed by atoms with Crippen molar-refractivity contribution in [1.29, 1.82) is 0 Å². The SMILES string of the molecule is CC(C)CCn1cnc(CC(NCCN)C(=O)O)c1. The van der Waals surface area contributed by atoms with E-state index in [9.17, 15) is 4.79 Å². The maximum absolute atomic E-state index is 11.1. The summed E-state index contributed by atoms with van der Waals surface area (Å²) in [5.74, 6) is -0.228. The van der Waals surface area contributed by atoms with Crippen LogP contribution < -0.4 is 11.1 Å². The van der Waals surface area contributed by atoms with Gasteiger partial charge in [0.15, 0.2) is 0 Å². The lowest BCUT2D eigenvalue weighted by molar-refractivity contribution is -0.139. The largest absolute Gasteiger partial charge is 0.480 e. The molecule has 108 valence electrons. The zero-order valence-electron chi connectivity index (χ0n) is 11.7. The summed E-state index contributed by atoms with van der Waals surface area (Å²) >= 11 is 0. The number of aryl methyl sites for hydroxylation is 1. The Kier molecular flexibility index (Phi) is 6.52. The smallest absolute Gasteiger partial charge is 0.321 e. The molecule has 1 aromatic heterocycles. The molecule has 1 aromatic rings. The number of nitrogens with zero attached hydrogens (tertiary/aromatic N) is 2. The van der Waals surface area contributed by atoms with Crippen molar-refractivity contribution in [2.75, 3.05) is 13.1 Å². The van der Waals surface area contributed by atoms with Crippen molar-refractivity contribution >= 4 is 5.97 Å². The van der Waals surface area contributed by atoms with Gasteiger partial charge in [-0.15, -0.1) is 0 Å². The number of carbonyl (C=O) groups is 1. The predicted molar refractivity (Wildman–Crippen MR) is 73.9 cm³/mol. The van der Waals surface area contributed by atoms with Crippen molar-refractivity contribution in [2.24, 2.45) is 11.7 Å². The summed E-state index contributed by atoms with van der Waals surface area (Å²) in [6, 6.07) is -0.628. The highest BCUT2D eigenvalue weighted by atomic mass is 16.4. The van der Waals surface area contributed by atoms with E-state index in [1.54, 1.807) is 6.33 Å². The minimum Gasteiger partial charge on any atom is -0.480 e. The van der Waals surface area contributed by atoms with Crippen LogP contribution in [0.15, 0.2) is 12.5 Å². The quantitative estimate of drug-likeness (QED) is 0.605. The third-order valence-electron chi connectivity index (χ3n) is 2.90. The van der Waals surface area contributed by atoms with Gasteiger partial charge >= 0.3 is 5.97 Å². The van der Waals surface area contributed by atoms with Crippen LogP contribution in [0.2, 0.25) is 0 Å². The Morgan fingerprint density at radius 1 is 1.58 bits per heavy atom. The minimum atomic E-state index is -0.870. The van der Waals surface area contributed by atoms with Gasteiger partial charge in [0.2, 0.25) is 0 Å². The van der Waals surface area contributed by atoms with Crippen LogP contribution in [0, 0.1) is 5.92 Å². The highest BCUT2D eigenvalue weighted by molar-refractivity contribution is 5.73. The zero-order valence-corrected chi connectivity index (χ0v) is 11.7. The number of rotatable bonds is 9. The van der Waals surface area contributed by atoms with E-state index in [1.165, 1.54) is 0 Å². The zero-order chi connectivity index (χ0) is 14.3. The fraction of sp³-hybridized carbons (Fsp3) is 0.692. The molecule has 1 heterocycles. The van der Waals surface area contributed by atoms with E-state index in [-0.39, 0.29) is 0 Å². The van der Waals surface area contributed by atoms with Crippen molar-refractivity contribution in [3.05, 3.63) is 18.2 Å². The van der Waals surface area contributed by atoms with Crippen LogP contribution in [0.5, 0.6) is 0 Å². The van der Waals surface area contributed by atoms with Gasteiger partial charge in [-0.25, -0.2) is 4.98 Å². The summed E-state index contributed by atoms with van der Waals surface area (Å²) in [7, 11) is 0. The van der Waals surface area contributed by atoms with Crippen LogP contribution >= 0.6 is 0 Å². The Hall–Kier alpha value is -1.40. The highest BCUT2D eigenvalue weighted by Gasteiger charge is 2.18. The van der Waals surface area contributed by atoms with Crippen molar-refractivity contribution in [2.45, 2.75) is 39.3 Å². The van der Waals surface area contributed by atoms with Crippen LogP contribution in [0.3, 0.4) is 0 Å². The topological polar surface area (TPSA) is 93.2 Å². The number of hydrogen-bond acceptors (Lipinski definition) is 4. The Morgan fingerprint density at radius 3 is 2.89 bits per heavy atom. The molecular weight excluding hydrogens is 244 g/mol. The average Bonchev–Trinajstić information content (AvgIpc) is 2.79. The van der Waals surface area contributed by atoms with Crippen molar-refractivity contribution in [1.82, 2.24) is 14.9 Å². The molecule has 0 aliphatic carbocycles. The molecule has 0 bridgehead atoms. The molecule has 6 nitrogen and oxygen atoms in total. The molecule has 0 saturated heterocycles. The van der Waals surface area contributed by atoms with Gasteiger partial charge in [-0.2, -0.15) is 0 Å². The van der Waals surface area contributed by atoms with Gasteiger partial charge in [-0.05, 0) is 12.3 Å². The van der Waals surface area contributed by atoms with E-state index < -0.39 is 12.0 Å². The standard InChI is InChI=1S/C13H24N4O2/c1-10(2)3-6-17-8-11(16-9-17)7-12(13(18)19)15-5-4-14/h8-10,12,15H,3-7,14H2,1-2H3,(H,18,19). The number of carboxylic acids is 1. The van der Waals surface area contributed by atoms with Crippen molar-refractivity contribution in [3.8, 4) is 0 Å². The van der Waals surface area contributed by atoms with Gasteiger partial charge in [0.05, 0.1) is 12.0 Å². The lowest BCUT2D eigenvalue weighted by atomic mass is 10.1. The lowest BCUT2D eigenvalue weighted by Crippen LogP contribution is -2.41. The Bertz CT molecular complexity index is 390. The van der Waals surface area contributed by atoms with Crippen LogP contribution in [-0.2, 0) is 17.8 Å². The number of imidazole rings is 1. The van der Waals surface area contributed by atoms with E-state index in [4.69, 9.17) is 10.8 Å². The number of aliphatic carboxylic acids is 1. The first-order valence-electron chi connectivity index (χ1n) is 6.69. The van der Waals surface area contributed by atoms with Crippen LogP contribution in [-0.4, -0.2) is 39.8 Å². The van der Waals surface area contributed by atoms with E-state index in [0.29, 0.717) is 25.4 Å². The molecule has 0 saturated carbocycles. The van der Waals surface area contributed by atoms with E-state index >= 15 is 0 Å². The summed E-state index contributed by atoms with van der Waals surface area (Å²) in [6.45, 7) is 6.18. The van der Waals surface area contributed by atoms with Crippen LogP contribution in [0.1, 0.15) is 26.0 Å². The second-order valence-corrected chi connectivity index (χ2v) is 5.12. The summed E-state index contributed by atoms with van der Waals surface area (Å²) in [5, 5.41) is 12.0. The molecule has 0 fully saturated rings. The fourth-order valence-corrected chi connectivity index (χ4v) is 1.75. The van der Waals surface area contributed by atoms with E-state index in [1.807, 2.05) is 10.8 Å². The average molecular weight is 268 g/mol. The molecule has 0 amide bonds. The Balaban J connectivity index is 2.52. The molecule has 4 N–H and O–H groups in total. The predicted octanol–water partition coefficient (Wildman–Crippen LogP) is 0.473. The number of aromatic nitrogens is 2. The molecule has 0 spiro atoms. The summed E-state index contributed by atoms with van der Waals surface area (Å²) in [6.07, 6.45) is 5.15. The first kappa shape index (κ1) is 15.7.